The number of rotatable bonds is 1. The summed E-state index contributed by atoms with van der Waals surface area (Å²) >= 11 is 0. The van der Waals surface area contributed by atoms with Crippen molar-refractivity contribution in [1.29, 1.82) is 0 Å². The molecule has 1 heterocycles. The van der Waals surface area contributed by atoms with Gasteiger partial charge in [0, 0.05) is 17.3 Å². The highest BCUT2D eigenvalue weighted by Gasteiger charge is 2.85. The predicted octanol–water partition coefficient (Wildman–Crippen LogP) is 2.01. The van der Waals surface area contributed by atoms with Gasteiger partial charge in [-0.3, -0.25) is 24.0 Å². The number of cyclic esters (lactones) is 1. The number of Topliss-reactive ketones (excluding diaryl/α,β-unsaturated/α-hetero) is 3. The Hall–Kier alpha value is -2.81. The van der Waals surface area contributed by atoms with Crippen LogP contribution in [0.3, 0.4) is 0 Å². The van der Waals surface area contributed by atoms with Gasteiger partial charge in [-0.2, -0.15) is 0 Å². The van der Waals surface area contributed by atoms with Crippen molar-refractivity contribution in [3.05, 3.63) is 23.5 Å². The highest BCUT2D eigenvalue weighted by molar-refractivity contribution is 6.20. The van der Waals surface area contributed by atoms with Crippen LogP contribution in [0.4, 0.5) is 0 Å². The van der Waals surface area contributed by atoms with Crippen LogP contribution in [0.1, 0.15) is 54.4 Å². The number of ketones is 3. The Morgan fingerprint density at radius 1 is 1.09 bits per heavy atom. The van der Waals surface area contributed by atoms with Crippen LogP contribution in [0, 0.1) is 33.0 Å². The number of hydrogen-bond donors (Lipinski definition) is 2. The molecule has 7 atom stereocenters. The number of allylic oxidation sites excluding steroid dienone is 1. The zero-order valence-corrected chi connectivity index (χ0v) is 21.1. The molecular formula is C26H32O9. The summed E-state index contributed by atoms with van der Waals surface area (Å²) in [6.45, 7) is 12.9. The van der Waals surface area contributed by atoms with E-state index >= 15 is 0 Å². The molecule has 0 aromatic heterocycles. The largest absolute Gasteiger partial charge is 0.504 e. The summed E-state index contributed by atoms with van der Waals surface area (Å²) in [5.41, 5.74) is -8.87. The Labute approximate surface area is 203 Å². The molecular weight excluding hydrogens is 456 g/mol. The second-order valence-corrected chi connectivity index (χ2v) is 11.4. The monoisotopic (exact) mass is 488 g/mol. The average molecular weight is 489 g/mol. The van der Waals surface area contributed by atoms with Crippen LogP contribution in [0.15, 0.2) is 23.5 Å². The fraction of sp³-hybridized carbons (Fsp3) is 0.654. The highest BCUT2D eigenvalue weighted by Crippen LogP contribution is 2.74. The molecule has 3 aliphatic carbocycles. The minimum absolute atomic E-state index is 0.0388. The molecule has 3 fully saturated rings. The summed E-state index contributed by atoms with van der Waals surface area (Å²) in [5.74, 6) is -5.91. The quantitative estimate of drug-likeness (QED) is 0.322. The molecule has 9 heteroatoms. The van der Waals surface area contributed by atoms with Crippen LogP contribution in [0.2, 0.25) is 0 Å². The molecule has 190 valence electrons. The fourth-order valence-corrected chi connectivity index (χ4v) is 7.89. The molecule has 0 spiro atoms. The zero-order chi connectivity index (χ0) is 26.7. The van der Waals surface area contributed by atoms with Gasteiger partial charge in [-0.1, -0.05) is 26.0 Å². The van der Waals surface area contributed by atoms with Gasteiger partial charge >= 0.3 is 11.9 Å². The minimum Gasteiger partial charge on any atom is -0.504 e. The summed E-state index contributed by atoms with van der Waals surface area (Å²) in [6, 6.07) is 0. The first-order valence-corrected chi connectivity index (χ1v) is 11.7. The topological polar surface area (TPSA) is 144 Å². The third-order valence-corrected chi connectivity index (χ3v) is 9.89. The van der Waals surface area contributed by atoms with Crippen LogP contribution < -0.4 is 0 Å². The van der Waals surface area contributed by atoms with E-state index in [1.165, 1.54) is 20.8 Å². The number of esters is 2. The van der Waals surface area contributed by atoms with Gasteiger partial charge in [-0.05, 0) is 45.6 Å². The van der Waals surface area contributed by atoms with Crippen LogP contribution >= 0.6 is 0 Å². The Bertz CT molecular complexity index is 1160. The van der Waals surface area contributed by atoms with E-state index in [1.54, 1.807) is 20.8 Å². The van der Waals surface area contributed by atoms with Crippen LogP contribution in [-0.4, -0.2) is 58.8 Å². The molecule has 1 aliphatic heterocycles. The van der Waals surface area contributed by atoms with Crippen molar-refractivity contribution in [2.24, 2.45) is 33.0 Å². The molecule has 4 aliphatic rings. The Kier molecular flexibility index (Phi) is 4.98. The lowest BCUT2D eigenvalue weighted by atomic mass is 9.32. The number of aliphatic hydroxyl groups excluding tert-OH is 2. The first-order valence-electron chi connectivity index (χ1n) is 11.7. The Morgan fingerprint density at radius 3 is 2.20 bits per heavy atom. The second-order valence-electron chi connectivity index (χ2n) is 11.4. The summed E-state index contributed by atoms with van der Waals surface area (Å²) in [4.78, 5) is 68.3. The summed E-state index contributed by atoms with van der Waals surface area (Å²) in [5, 5.41) is 22.7. The van der Waals surface area contributed by atoms with Gasteiger partial charge in [0.2, 0.25) is 5.78 Å². The number of aliphatic hydroxyl groups is 2. The molecule has 2 saturated carbocycles. The third kappa shape index (κ3) is 2.31. The molecule has 0 radical (unpaired) electrons. The van der Waals surface area contributed by atoms with Crippen molar-refractivity contribution in [3.63, 3.8) is 0 Å². The number of carbonyl (C=O) groups is 5. The van der Waals surface area contributed by atoms with E-state index in [4.69, 9.17) is 9.47 Å². The molecule has 0 aromatic carbocycles. The van der Waals surface area contributed by atoms with E-state index in [9.17, 15) is 34.2 Å². The Morgan fingerprint density at radius 2 is 1.66 bits per heavy atom. The first-order chi connectivity index (χ1) is 15.9. The van der Waals surface area contributed by atoms with Crippen molar-refractivity contribution in [3.8, 4) is 0 Å². The van der Waals surface area contributed by atoms with Crippen LogP contribution in [0.25, 0.3) is 0 Å². The van der Waals surface area contributed by atoms with Crippen molar-refractivity contribution in [1.82, 2.24) is 0 Å². The lowest BCUT2D eigenvalue weighted by molar-refractivity contribution is -0.228. The van der Waals surface area contributed by atoms with Gasteiger partial charge in [0.05, 0.1) is 18.6 Å². The molecule has 0 bridgehead atoms. The standard InChI is InChI=1S/C26H32O9/c1-11-9-13-23(5)15(28)10-14(27)22(3,4)17(23)16(29)19(31)25(13,7)26(21(33)34-8)18(30)12(2)35-20(32)24(11,26)6/h12-13,15,28-29H,1,9-10H2,2-8H3/t12-,13-,15-,23-,24+,25-,26-/m0/s1. The van der Waals surface area contributed by atoms with E-state index in [-0.39, 0.29) is 29.8 Å². The fourth-order valence-electron chi connectivity index (χ4n) is 7.89. The molecule has 4 rings (SSSR count). The van der Waals surface area contributed by atoms with E-state index in [0.717, 1.165) is 7.11 Å². The van der Waals surface area contributed by atoms with Crippen molar-refractivity contribution < 1.29 is 43.7 Å². The number of carbonyl (C=O) groups excluding carboxylic acids is 5. The Balaban J connectivity index is 2.21. The number of hydrogen-bond acceptors (Lipinski definition) is 9. The van der Waals surface area contributed by atoms with Gasteiger partial charge < -0.3 is 19.7 Å². The summed E-state index contributed by atoms with van der Waals surface area (Å²) in [6.07, 6.45) is -2.99. The maximum Gasteiger partial charge on any atom is 0.322 e. The van der Waals surface area contributed by atoms with Crippen molar-refractivity contribution in [2.75, 3.05) is 7.11 Å². The third-order valence-electron chi connectivity index (χ3n) is 9.89. The van der Waals surface area contributed by atoms with E-state index in [0.29, 0.717) is 0 Å². The molecule has 0 aromatic rings. The molecule has 0 unspecified atom stereocenters. The van der Waals surface area contributed by atoms with Gasteiger partial charge in [0.1, 0.15) is 11.2 Å². The second kappa shape index (κ2) is 6.90. The van der Waals surface area contributed by atoms with Crippen molar-refractivity contribution in [2.45, 2.75) is 66.6 Å². The maximum atomic E-state index is 14.2. The van der Waals surface area contributed by atoms with Gasteiger partial charge in [0.15, 0.2) is 23.1 Å². The van der Waals surface area contributed by atoms with E-state index < -0.39 is 74.5 Å². The van der Waals surface area contributed by atoms with Gasteiger partial charge in [0.25, 0.3) is 0 Å². The average Bonchev–Trinajstić information content (AvgIpc) is 2.77. The van der Waals surface area contributed by atoms with E-state index in [1.807, 2.05) is 0 Å². The number of methoxy groups -OCH3 is 1. The van der Waals surface area contributed by atoms with E-state index in [2.05, 4.69) is 6.58 Å². The number of fused-ring (bicyclic) bond motifs is 5. The molecule has 35 heavy (non-hydrogen) atoms. The summed E-state index contributed by atoms with van der Waals surface area (Å²) < 4.78 is 10.4. The van der Waals surface area contributed by atoms with Gasteiger partial charge in [-0.25, -0.2) is 0 Å². The zero-order valence-electron chi connectivity index (χ0n) is 21.1. The first kappa shape index (κ1) is 25.3. The minimum atomic E-state index is -2.42. The lowest BCUT2D eigenvalue weighted by Gasteiger charge is -2.68. The SMILES string of the molecule is C=C1C[C@H]2[C@]3(C)C(=C(O)C(=O)[C@@]2(C)[C@]2(C(=O)OC)C(=O)[C@H](C)OC(=O)[C@@]12C)C(C)(C)C(=O)C[C@@H]3O. The molecule has 9 nitrogen and oxygen atoms in total. The maximum absolute atomic E-state index is 14.2. The smallest absolute Gasteiger partial charge is 0.322 e. The molecule has 2 N–H and O–H groups in total. The van der Waals surface area contributed by atoms with Gasteiger partial charge in [-0.15, -0.1) is 0 Å². The molecule has 1 saturated heterocycles. The normalized spacial score (nSPS) is 44.8. The number of ether oxygens (including phenoxy) is 2. The summed E-state index contributed by atoms with van der Waals surface area (Å²) in [7, 11) is 1.05. The van der Waals surface area contributed by atoms with Crippen molar-refractivity contribution >= 4 is 29.3 Å². The predicted molar refractivity (Wildman–Crippen MR) is 121 cm³/mol. The van der Waals surface area contributed by atoms with Crippen LogP contribution in [0.5, 0.6) is 0 Å². The molecule has 0 amide bonds. The highest BCUT2D eigenvalue weighted by atomic mass is 16.6. The lowest BCUT2D eigenvalue weighted by Crippen LogP contribution is -2.78. The van der Waals surface area contributed by atoms with Crippen LogP contribution in [-0.2, 0) is 33.4 Å².